The van der Waals surface area contributed by atoms with Gasteiger partial charge in [-0.1, -0.05) is 0 Å². The van der Waals surface area contributed by atoms with Crippen LogP contribution in [0.4, 0.5) is 17.6 Å². The van der Waals surface area contributed by atoms with Gasteiger partial charge in [-0.25, -0.2) is 13.6 Å². The molecule has 0 unspecified atom stereocenters. The summed E-state index contributed by atoms with van der Waals surface area (Å²) in [4.78, 5) is 11.1. The standard InChI is InChI=1S/C7H7F4N3O2/c1-2-16-5(15)3-4(13-14-12-3)7(10,11)6(8)9/h6H,2H2,1H3,(H,12,13,14). The Hall–Kier alpha value is -1.67. The maximum atomic E-state index is 12.9. The molecule has 0 amide bonds. The monoisotopic (exact) mass is 241 g/mol. The van der Waals surface area contributed by atoms with Crippen molar-refractivity contribution in [3.63, 3.8) is 0 Å². The van der Waals surface area contributed by atoms with E-state index in [4.69, 9.17) is 0 Å². The molecule has 1 heterocycles. The van der Waals surface area contributed by atoms with E-state index in [9.17, 15) is 22.4 Å². The van der Waals surface area contributed by atoms with Crippen LogP contribution in [0.15, 0.2) is 0 Å². The van der Waals surface area contributed by atoms with Crippen molar-refractivity contribution in [2.24, 2.45) is 0 Å². The molecule has 0 spiro atoms. The molecule has 0 radical (unpaired) electrons. The highest BCUT2D eigenvalue weighted by Crippen LogP contribution is 2.34. The fourth-order valence-corrected chi connectivity index (χ4v) is 0.908. The lowest BCUT2D eigenvalue weighted by atomic mass is 10.2. The first-order valence-electron chi connectivity index (χ1n) is 4.15. The number of aromatic amines is 1. The van der Waals surface area contributed by atoms with Crippen molar-refractivity contribution in [2.45, 2.75) is 19.3 Å². The maximum Gasteiger partial charge on any atom is 0.361 e. The van der Waals surface area contributed by atoms with E-state index in [0.717, 1.165) is 0 Å². The summed E-state index contributed by atoms with van der Waals surface area (Å²) in [6, 6.07) is 0. The molecule has 9 heteroatoms. The molecular formula is C7H7F4N3O2. The second-order valence-electron chi connectivity index (χ2n) is 2.66. The average Bonchev–Trinajstić information content (AvgIpc) is 2.66. The van der Waals surface area contributed by atoms with Gasteiger partial charge in [-0.3, -0.25) is 0 Å². The minimum Gasteiger partial charge on any atom is -0.461 e. The van der Waals surface area contributed by atoms with Crippen LogP contribution >= 0.6 is 0 Å². The fraction of sp³-hybridized carbons (Fsp3) is 0.571. The molecule has 0 fully saturated rings. The predicted octanol–water partition coefficient (Wildman–Crippen LogP) is 1.34. The lowest BCUT2D eigenvalue weighted by Crippen LogP contribution is -2.27. The normalized spacial score (nSPS) is 11.9. The molecule has 1 aromatic rings. The van der Waals surface area contributed by atoms with Crippen LogP contribution in [0.1, 0.15) is 23.1 Å². The number of hydrogen-bond donors (Lipinski definition) is 1. The van der Waals surface area contributed by atoms with Crippen molar-refractivity contribution >= 4 is 5.97 Å². The smallest absolute Gasteiger partial charge is 0.361 e. The zero-order valence-electron chi connectivity index (χ0n) is 8.01. The Labute approximate surface area is 86.8 Å². The molecule has 0 saturated heterocycles. The first-order valence-corrected chi connectivity index (χ1v) is 4.15. The first-order chi connectivity index (χ1) is 7.41. The summed E-state index contributed by atoms with van der Waals surface area (Å²) < 4.78 is 54.2. The number of aromatic nitrogens is 3. The average molecular weight is 241 g/mol. The Bertz CT molecular complexity index is 379. The zero-order valence-corrected chi connectivity index (χ0v) is 8.01. The summed E-state index contributed by atoms with van der Waals surface area (Å²) in [7, 11) is 0. The Morgan fingerprint density at radius 2 is 2.12 bits per heavy atom. The van der Waals surface area contributed by atoms with Gasteiger partial charge in [0.25, 0.3) is 0 Å². The van der Waals surface area contributed by atoms with Gasteiger partial charge in [-0.15, -0.1) is 5.10 Å². The molecule has 0 aliphatic carbocycles. The molecular weight excluding hydrogens is 234 g/mol. The van der Waals surface area contributed by atoms with E-state index in [1.165, 1.54) is 6.92 Å². The summed E-state index contributed by atoms with van der Waals surface area (Å²) in [5.41, 5.74) is -2.35. The topological polar surface area (TPSA) is 67.9 Å². The number of carbonyl (C=O) groups excluding carboxylic acids is 1. The minimum atomic E-state index is -4.55. The molecule has 1 rings (SSSR count). The molecule has 0 bridgehead atoms. The Morgan fingerprint density at radius 1 is 1.50 bits per heavy atom. The number of carbonyl (C=O) groups is 1. The second-order valence-corrected chi connectivity index (χ2v) is 2.66. The van der Waals surface area contributed by atoms with Crippen LogP contribution < -0.4 is 0 Å². The van der Waals surface area contributed by atoms with Crippen molar-refractivity contribution in [1.29, 1.82) is 0 Å². The van der Waals surface area contributed by atoms with E-state index in [1.54, 1.807) is 5.21 Å². The number of hydrogen-bond acceptors (Lipinski definition) is 4. The Balaban J connectivity index is 3.07. The van der Waals surface area contributed by atoms with Gasteiger partial charge in [0.1, 0.15) is 0 Å². The highest BCUT2D eigenvalue weighted by molar-refractivity contribution is 5.88. The molecule has 0 aromatic carbocycles. The first kappa shape index (κ1) is 12.4. The maximum absolute atomic E-state index is 12.9. The Morgan fingerprint density at radius 3 is 2.62 bits per heavy atom. The molecule has 0 aliphatic heterocycles. The zero-order chi connectivity index (χ0) is 12.3. The third-order valence-electron chi connectivity index (χ3n) is 1.61. The molecule has 0 saturated carbocycles. The summed E-state index contributed by atoms with van der Waals surface area (Å²) in [5.74, 6) is -5.78. The van der Waals surface area contributed by atoms with Gasteiger partial charge in [-0.05, 0) is 6.92 Å². The predicted molar refractivity (Wildman–Crippen MR) is 42.2 cm³/mol. The highest BCUT2D eigenvalue weighted by Gasteiger charge is 2.48. The van der Waals surface area contributed by atoms with Gasteiger partial charge in [0.2, 0.25) is 0 Å². The van der Waals surface area contributed by atoms with Crippen LogP contribution in [0.2, 0.25) is 0 Å². The van der Waals surface area contributed by atoms with Crippen LogP contribution in [0.3, 0.4) is 0 Å². The third-order valence-corrected chi connectivity index (χ3v) is 1.61. The van der Waals surface area contributed by atoms with Crippen molar-refractivity contribution in [1.82, 2.24) is 15.4 Å². The molecule has 90 valence electrons. The number of halogens is 4. The second kappa shape index (κ2) is 4.45. The molecule has 0 atom stereocenters. The van der Waals surface area contributed by atoms with E-state index in [1.807, 2.05) is 0 Å². The van der Waals surface area contributed by atoms with Crippen molar-refractivity contribution in [2.75, 3.05) is 6.61 Å². The molecule has 5 nitrogen and oxygen atoms in total. The van der Waals surface area contributed by atoms with Gasteiger partial charge in [0.05, 0.1) is 6.61 Å². The molecule has 16 heavy (non-hydrogen) atoms. The summed E-state index contributed by atoms with van der Waals surface area (Å²) in [6.45, 7) is 1.34. The lowest BCUT2D eigenvalue weighted by Gasteiger charge is -2.12. The van der Waals surface area contributed by atoms with Crippen molar-refractivity contribution in [3.05, 3.63) is 11.4 Å². The summed E-state index contributed by atoms with van der Waals surface area (Å²) in [5, 5.41) is 7.59. The number of rotatable bonds is 4. The van der Waals surface area contributed by atoms with Gasteiger partial charge >= 0.3 is 18.3 Å². The van der Waals surface area contributed by atoms with Crippen LogP contribution in [0.25, 0.3) is 0 Å². The number of nitrogens with zero attached hydrogens (tertiary/aromatic N) is 2. The fourth-order valence-electron chi connectivity index (χ4n) is 0.908. The van der Waals surface area contributed by atoms with E-state index in [0.29, 0.717) is 0 Å². The van der Waals surface area contributed by atoms with Gasteiger partial charge in [0.15, 0.2) is 11.4 Å². The van der Waals surface area contributed by atoms with Crippen molar-refractivity contribution < 1.29 is 27.1 Å². The highest BCUT2D eigenvalue weighted by atomic mass is 19.3. The number of nitrogens with one attached hydrogen (secondary N) is 1. The third kappa shape index (κ3) is 2.12. The summed E-state index contributed by atoms with van der Waals surface area (Å²) in [6.07, 6.45) is -3.98. The van der Waals surface area contributed by atoms with E-state index in [-0.39, 0.29) is 6.61 Å². The lowest BCUT2D eigenvalue weighted by molar-refractivity contribution is -0.138. The number of alkyl halides is 4. The van der Waals surface area contributed by atoms with Gasteiger partial charge in [0, 0.05) is 0 Å². The van der Waals surface area contributed by atoms with Crippen LogP contribution in [0.5, 0.6) is 0 Å². The number of esters is 1. The van der Waals surface area contributed by atoms with Crippen LogP contribution in [-0.2, 0) is 10.7 Å². The molecule has 0 aliphatic rings. The largest absolute Gasteiger partial charge is 0.461 e. The van der Waals surface area contributed by atoms with Gasteiger partial charge in [-0.2, -0.15) is 19.1 Å². The van der Waals surface area contributed by atoms with Crippen LogP contribution in [0, 0.1) is 0 Å². The summed E-state index contributed by atoms with van der Waals surface area (Å²) >= 11 is 0. The molecule has 1 aromatic heterocycles. The van der Waals surface area contributed by atoms with E-state index < -0.39 is 29.7 Å². The van der Waals surface area contributed by atoms with E-state index in [2.05, 4.69) is 14.9 Å². The SMILES string of the molecule is CCOC(=O)c1n[nH]nc1C(F)(F)C(F)F. The number of ether oxygens (including phenoxy) is 1. The Kier molecular flexibility index (Phi) is 3.45. The van der Waals surface area contributed by atoms with Crippen molar-refractivity contribution in [3.8, 4) is 0 Å². The minimum absolute atomic E-state index is 0.0919. The molecule has 1 N–H and O–H groups in total. The van der Waals surface area contributed by atoms with E-state index >= 15 is 0 Å². The number of H-pyrrole nitrogens is 1. The van der Waals surface area contributed by atoms with Crippen LogP contribution in [-0.4, -0.2) is 34.4 Å². The van der Waals surface area contributed by atoms with Gasteiger partial charge < -0.3 is 4.74 Å². The quantitative estimate of drug-likeness (QED) is 0.638.